The van der Waals surface area contributed by atoms with Gasteiger partial charge in [0.1, 0.15) is 12.4 Å². The molecule has 23 heavy (non-hydrogen) atoms. The third-order valence-corrected chi connectivity index (χ3v) is 3.76. The molecule has 1 fully saturated rings. The second-order valence-corrected chi connectivity index (χ2v) is 6.26. The molecule has 0 aliphatic heterocycles. The number of carbonyl (C=O) groups excluding carboxylic acids is 2. The zero-order chi connectivity index (χ0) is 16.7. The summed E-state index contributed by atoms with van der Waals surface area (Å²) in [5.41, 5.74) is 1.19. The van der Waals surface area contributed by atoms with Gasteiger partial charge >= 0.3 is 0 Å². The number of benzene rings is 1. The first kappa shape index (κ1) is 17.3. The molecular weight excluding hydrogens is 292 g/mol. The minimum absolute atomic E-state index is 0.00863. The highest BCUT2D eigenvalue weighted by Gasteiger charge is 2.28. The van der Waals surface area contributed by atoms with Gasteiger partial charge in [0.2, 0.25) is 11.8 Å². The molecule has 1 saturated carbocycles. The average Bonchev–Trinajstić information content (AvgIpc) is 3.35. The molecule has 1 aliphatic rings. The van der Waals surface area contributed by atoms with Crippen molar-refractivity contribution in [1.82, 2.24) is 10.6 Å². The Morgan fingerprint density at radius 1 is 1.26 bits per heavy atom. The van der Waals surface area contributed by atoms with Crippen LogP contribution in [0.5, 0.6) is 5.75 Å². The van der Waals surface area contributed by atoms with Crippen molar-refractivity contribution < 1.29 is 14.3 Å². The normalized spacial score (nSPS) is 14.9. The maximum atomic E-state index is 11.8. The molecule has 5 heteroatoms. The lowest BCUT2D eigenvalue weighted by atomic mass is 10.2. The molecule has 126 valence electrons. The van der Waals surface area contributed by atoms with Crippen LogP contribution in [0.1, 0.15) is 38.2 Å². The Morgan fingerprint density at radius 3 is 2.61 bits per heavy atom. The second kappa shape index (κ2) is 8.56. The number of rotatable bonds is 9. The Labute approximate surface area is 137 Å². The van der Waals surface area contributed by atoms with Crippen molar-refractivity contribution >= 4 is 11.8 Å². The third kappa shape index (κ3) is 6.72. The number of aryl methyl sites for hydroxylation is 1. The molecule has 0 radical (unpaired) electrons. The first-order valence-electron chi connectivity index (χ1n) is 8.31. The minimum atomic E-state index is -0.0511. The number of ether oxygens (including phenoxy) is 1. The SMILES string of the molecule is Cc1ccc(OCC(C)NC(=O)CCCNC(=O)C2CC2)cc1. The molecule has 0 bridgehead atoms. The standard InChI is InChI=1S/C18H26N2O3/c1-13-5-9-16(10-6-13)23-12-14(2)20-17(21)4-3-11-19-18(22)15-7-8-15/h5-6,9-10,14-15H,3-4,7-8,11-12H2,1-2H3,(H,19,22)(H,20,21). The molecule has 0 aromatic heterocycles. The lowest BCUT2D eigenvalue weighted by Crippen LogP contribution is -2.37. The predicted molar refractivity (Wildman–Crippen MR) is 89.2 cm³/mol. The summed E-state index contributed by atoms with van der Waals surface area (Å²) in [6.45, 7) is 4.95. The second-order valence-electron chi connectivity index (χ2n) is 6.26. The van der Waals surface area contributed by atoms with E-state index < -0.39 is 0 Å². The van der Waals surface area contributed by atoms with Crippen LogP contribution in [0.25, 0.3) is 0 Å². The lowest BCUT2D eigenvalue weighted by Gasteiger charge is -2.15. The number of nitrogens with one attached hydrogen (secondary N) is 2. The van der Waals surface area contributed by atoms with Crippen molar-refractivity contribution in [2.75, 3.05) is 13.2 Å². The summed E-state index contributed by atoms with van der Waals surface area (Å²) in [5, 5.41) is 5.77. The molecule has 2 rings (SSSR count). The molecule has 5 nitrogen and oxygen atoms in total. The van der Waals surface area contributed by atoms with Crippen molar-refractivity contribution in [1.29, 1.82) is 0 Å². The largest absolute Gasteiger partial charge is 0.491 e. The van der Waals surface area contributed by atoms with Gasteiger partial charge in [-0.1, -0.05) is 17.7 Å². The van der Waals surface area contributed by atoms with Crippen LogP contribution in [0.3, 0.4) is 0 Å². The van der Waals surface area contributed by atoms with Crippen LogP contribution in [0, 0.1) is 12.8 Å². The Balaban J connectivity index is 1.54. The molecule has 0 spiro atoms. The van der Waals surface area contributed by atoms with E-state index in [0.29, 0.717) is 26.0 Å². The fourth-order valence-electron chi connectivity index (χ4n) is 2.19. The van der Waals surface area contributed by atoms with E-state index in [1.807, 2.05) is 38.1 Å². The van der Waals surface area contributed by atoms with Gasteiger partial charge in [0.25, 0.3) is 0 Å². The lowest BCUT2D eigenvalue weighted by molar-refractivity contribution is -0.124. The van der Waals surface area contributed by atoms with E-state index in [4.69, 9.17) is 4.74 Å². The zero-order valence-electron chi connectivity index (χ0n) is 13.9. The summed E-state index contributed by atoms with van der Waals surface area (Å²) < 4.78 is 5.64. The molecular formula is C18H26N2O3. The molecule has 1 aliphatic carbocycles. The van der Waals surface area contributed by atoms with Crippen LogP contribution in [0.15, 0.2) is 24.3 Å². The van der Waals surface area contributed by atoms with Gasteiger partial charge in [0.15, 0.2) is 0 Å². The first-order chi connectivity index (χ1) is 11.0. The van der Waals surface area contributed by atoms with Gasteiger partial charge < -0.3 is 15.4 Å². The predicted octanol–water partition coefficient (Wildman–Crippen LogP) is 2.18. The number of hydrogen-bond acceptors (Lipinski definition) is 3. The highest BCUT2D eigenvalue weighted by molar-refractivity contribution is 5.81. The van der Waals surface area contributed by atoms with Gasteiger partial charge in [-0.15, -0.1) is 0 Å². The van der Waals surface area contributed by atoms with Crippen molar-refractivity contribution in [3.05, 3.63) is 29.8 Å². The summed E-state index contributed by atoms with van der Waals surface area (Å²) in [5.74, 6) is 1.15. The maximum absolute atomic E-state index is 11.8. The smallest absolute Gasteiger partial charge is 0.223 e. The molecule has 2 N–H and O–H groups in total. The minimum Gasteiger partial charge on any atom is -0.491 e. The van der Waals surface area contributed by atoms with Crippen LogP contribution in [-0.4, -0.2) is 31.0 Å². The summed E-state index contributed by atoms with van der Waals surface area (Å²) in [6, 6.07) is 7.78. The van der Waals surface area contributed by atoms with Crippen molar-refractivity contribution in [2.24, 2.45) is 5.92 Å². The molecule has 2 amide bonds. The summed E-state index contributed by atoms with van der Waals surface area (Å²) in [4.78, 5) is 23.3. The Kier molecular flexibility index (Phi) is 6.44. The maximum Gasteiger partial charge on any atom is 0.223 e. The van der Waals surface area contributed by atoms with Crippen LogP contribution in [0.2, 0.25) is 0 Å². The highest BCUT2D eigenvalue weighted by Crippen LogP contribution is 2.28. The first-order valence-corrected chi connectivity index (χ1v) is 8.31. The van der Waals surface area contributed by atoms with E-state index in [9.17, 15) is 9.59 Å². The van der Waals surface area contributed by atoms with E-state index >= 15 is 0 Å². The average molecular weight is 318 g/mol. The Morgan fingerprint density at radius 2 is 1.96 bits per heavy atom. The van der Waals surface area contributed by atoms with E-state index in [-0.39, 0.29) is 23.8 Å². The van der Waals surface area contributed by atoms with E-state index in [1.165, 1.54) is 5.56 Å². The Bertz CT molecular complexity index is 524. The number of carbonyl (C=O) groups is 2. The summed E-state index contributed by atoms with van der Waals surface area (Å²) >= 11 is 0. The summed E-state index contributed by atoms with van der Waals surface area (Å²) in [7, 11) is 0. The fraction of sp³-hybridized carbons (Fsp3) is 0.556. The van der Waals surface area contributed by atoms with Gasteiger partial charge in [0.05, 0.1) is 6.04 Å². The number of amides is 2. The van der Waals surface area contributed by atoms with Crippen LogP contribution in [0.4, 0.5) is 0 Å². The fourth-order valence-corrected chi connectivity index (χ4v) is 2.19. The van der Waals surface area contributed by atoms with Crippen LogP contribution in [-0.2, 0) is 9.59 Å². The van der Waals surface area contributed by atoms with E-state index in [2.05, 4.69) is 10.6 Å². The zero-order valence-corrected chi connectivity index (χ0v) is 13.9. The highest BCUT2D eigenvalue weighted by atomic mass is 16.5. The third-order valence-electron chi connectivity index (χ3n) is 3.76. The molecule has 1 unspecified atom stereocenters. The van der Waals surface area contributed by atoms with Gasteiger partial charge in [-0.25, -0.2) is 0 Å². The van der Waals surface area contributed by atoms with Crippen LogP contribution < -0.4 is 15.4 Å². The molecule has 1 aromatic rings. The number of hydrogen-bond donors (Lipinski definition) is 2. The summed E-state index contributed by atoms with van der Waals surface area (Å²) in [6.07, 6.45) is 3.09. The van der Waals surface area contributed by atoms with Gasteiger partial charge in [0, 0.05) is 18.9 Å². The van der Waals surface area contributed by atoms with Crippen molar-refractivity contribution in [3.63, 3.8) is 0 Å². The monoisotopic (exact) mass is 318 g/mol. The molecule has 0 saturated heterocycles. The van der Waals surface area contributed by atoms with Crippen molar-refractivity contribution in [2.45, 2.75) is 45.6 Å². The molecule has 0 heterocycles. The molecule has 1 atom stereocenters. The van der Waals surface area contributed by atoms with E-state index in [1.54, 1.807) is 0 Å². The van der Waals surface area contributed by atoms with Gasteiger partial charge in [-0.3, -0.25) is 9.59 Å². The molecule has 1 aromatic carbocycles. The van der Waals surface area contributed by atoms with Gasteiger partial charge in [-0.05, 0) is 45.2 Å². The van der Waals surface area contributed by atoms with Crippen LogP contribution >= 0.6 is 0 Å². The van der Waals surface area contributed by atoms with E-state index in [0.717, 1.165) is 18.6 Å². The topological polar surface area (TPSA) is 67.4 Å². The van der Waals surface area contributed by atoms with Crippen molar-refractivity contribution in [3.8, 4) is 5.75 Å². The quantitative estimate of drug-likeness (QED) is 0.686. The Hall–Kier alpha value is -2.04. The van der Waals surface area contributed by atoms with Gasteiger partial charge in [-0.2, -0.15) is 0 Å².